The summed E-state index contributed by atoms with van der Waals surface area (Å²) in [6.45, 7) is 1.88. The predicted molar refractivity (Wildman–Crippen MR) is 82.5 cm³/mol. The summed E-state index contributed by atoms with van der Waals surface area (Å²) in [6.07, 6.45) is 0. The molecule has 0 spiro atoms. The van der Waals surface area contributed by atoms with Crippen molar-refractivity contribution >= 4 is 50.5 Å². The second kappa shape index (κ2) is 5.64. The van der Waals surface area contributed by atoms with E-state index in [1.807, 2.05) is 13.0 Å². The van der Waals surface area contributed by atoms with Crippen molar-refractivity contribution in [2.24, 2.45) is 0 Å². The molecule has 3 N–H and O–H groups in total. The molecule has 0 saturated carbocycles. The average molecular weight is 358 g/mol. The van der Waals surface area contributed by atoms with Gasteiger partial charge in [0, 0.05) is 9.50 Å². The summed E-state index contributed by atoms with van der Waals surface area (Å²) in [5.74, 6) is 0.341. The Kier molecular flexibility index (Phi) is 4.10. The quantitative estimate of drug-likeness (QED) is 0.638. The zero-order chi connectivity index (χ0) is 14.9. The molecule has 0 bridgehead atoms. The lowest BCUT2D eigenvalue weighted by molar-refractivity contribution is -0.384. The Morgan fingerprint density at radius 3 is 2.75 bits per heavy atom. The summed E-state index contributed by atoms with van der Waals surface area (Å²) in [4.78, 5) is 14.3. The Bertz CT molecular complexity index is 693. The highest BCUT2D eigenvalue weighted by atomic mass is 79.9. The molecule has 2 rings (SSSR count). The van der Waals surface area contributed by atoms with Crippen LogP contribution in [0, 0.1) is 17.0 Å². The third-order valence-corrected chi connectivity index (χ3v) is 3.62. The number of nitrogens with zero attached hydrogens (tertiary/aromatic N) is 2. The summed E-state index contributed by atoms with van der Waals surface area (Å²) in [5, 5.41) is 14.3. The Balaban J connectivity index is 2.40. The van der Waals surface area contributed by atoms with Gasteiger partial charge in [-0.2, -0.15) is 0 Å². The first kappa shape index (κ1) is 14.5. The summed E-state index contributed by atoms with van der Waals surface area (Å²) in [6, 6.07) is 6.04. The molecule has 1 aromatic carbocycles. The molecule has 0 fully saturated rings. The van der Waals surface area contributed by atoms with Crippen LogP contribution in [0.15, 0.2) is 28.7 Å². The van der Waals surface area contributed by atoms with Gasteiger partial charge >= 0.3 is 0 Å². The molecule has 1 heterocycles. The molecule has 0 aliphatic heterocycles. The molecule has 0 amide bonds. The first-order valence-electron chi connectivity index (χ1n) is 5.51. The van der Waals surface area contributed by atoms with Crippen molar-refractivity contribution in [2.75, 3.05) is 11.1 Å². The predicted octanol–water partition coefficient (Wildman–Crippen LogP) is 4.04. The Labute approximate surface area is 128 Å². The maximum atomic E-state index is 10.8. The number of aryl methyl sites for hydroxylation is 1. The van der Waals surface area contributed by atoms with Crippen molar-refractivity contribution in [2.45, 2.75) is 6.92 Å². The lowest BCUT2D eigenvalue weighted by Crippen LogP contribution is -2.00. The molecule has 0 aliphatic carbocycles. The zero-order valence-electron chi connectivity index (χ0n) is 10.4. The van der Waals surface area contributed by atoms with Crippen molar-refractivity contribution < 1.29 is 4.92 Å². The van der Waals surface area contributed by atoms with Crippen LogP contribution >= 0.6 is 27.5 Å². The van der Waals surface area contributed by atoms with Crippen LogP contribution in [0.25, 0.3) is 0 Å². The topological polar surface area (TPSA) is 94.1 Å². The number of nitro groups is 1. The van der Waals surface area contributed by atoms with Crippen molar-refractivity contribution in [1.29, 1.82) is 0 Å². The Hall–Kier alpha value is -1.86. The minimum atomic E-state index is -0.527. The molecule has 8 heteroatoms. The Morgan fingerprint density at radius 1 is 1.40 bits per heavy atom. The summed E-state index contributed by atoms with van der Waals surface area (Å²) in [5.41, 5.74) is 6.98. The number of halogens is 2. The standard InChI is InChI=1S/C12H10BrClN4O2/c1-6-2-8(13)10(5-9(6)14)16-12-4-7(18(19)20)3-11(15)17-12/h2-5H,1H3,(H3,15,16,17). The number of nitrogen functional groups attached to an aromatic ring is 1. The number of aromatic nitrogens is 1. The molecule has 20 heavy (non-hydrogen) atoms. The van der Waals surface area contributed by atoms with Gasteiger partial charge in [-0.15, -0.1) is 0 Å². The number of anilines is 3. The van der Waals surface area contributed by atoms with Gasteiger partial charge in [0.15, 0.2) is 0 Å². The molecular weight excluding hydrogens is 348 g/mol. The van der Waals surface area contributed by atoms with Crippen LogP contribution in [0.4, 0.5) is 23.0 Å². The summed E-state index contributed by atoms with van der Waals surface area (Å²) >= 11 is 9.44. The highest BCUT2D eigenvalue weighted by molar-refractivity contribution is 9.10. The average Bonchev–Trinajstić information content (AvgIpc) is 2.35. The monoisotopic (exact) mass is 356 g/mol. The van der Waals surface area contributed by atoms with Crippen LogP contribution in [0.3, 0.4) is 0 Å². The van der Waals surface area contributed by atoms with Gasteiger partial charge in [0.05, 0.1) is 22.7 Å². The number of pyridine rings is 1. The molecule has 104 valence electrons. The molecule has 0 unspecified atom stereocenters. The zero-order valence-corrected chi connectivity index (χ0v) is 12.7. The van der Waals surface area contributed by atoms with Gasteiger partial charge in [-0.3, -0.25) is 10.1 Å². The van der Waals surface area contributed by atoms with Gasteiger partial charge in [-0.05, 0) is 40.5 Å². The van der Waals surface area contributed by atoms with E-state index in [2.05, 4.69) is 26.2 Å². The molecule has 0 saturated heterocycles. The first-order valence-corrected chi connectivity index (χ1v) is 6.68. The Morgan fingerprint density at radius 2 is 2.10 bits per heavy atom. The maximum absolute atomic E-state index is 10.8. The van der Waals surface area contributed by atoms with Crippen LogP contribution in [-0.4, -0.2) is 9.91 Å². The number of hydrogen-bond donors (Lipinski definition) is 2. The minimum absolute atomic E-state index is 0.0658. The molecule has 2 aromatic rings. The molecule has 0 radical (unpaired) electrons. The fourth-order valence-electron chi connectivity index (χ4n) is 1.59. The van der Waals surface area contributed by atoms with Crippen LogP contribution in [0.5, 0.6) is 0 Å². The van der Waals surface area contributed by atoms with E-state index in [-0.39, 0.29) is 17.3 Å². The van der Waals surface area contributed by atoms with E-state index in [0.717, 1.165) is 10.0 Å². The minimum Gasteiger partial charge on any atom is -0.383 e. The number of nitrogens with two attached hydrogens (primary N) is 1. The van der Waals surface area contributed by atoms with Crippen molar-refractivity contribution in [3.05, 3.63) is 49.4 Å². The largest absolute Gasteiger partial charge is 0.383 e. The molecular formula is C12H10BrClN4O2. The van der Waals surface area contributed by atoms with Gasteiger partial charge in [0.2, 0.25) is 0 Å². The van der Waals surface area contributed by atoms with Crippen LogP contribution in [0.2, 0.25) is 5.02 Å². The van der Waals surface area contributed by atoms with Crippen molar-refractivity contribution in [3.63, 3.8) is 0 Å². The van der Waals surface area contributed by atoms with E-state index in [1.54, 1.807) is 6.07 Å². The van der Waals surface area contributed by atoms with E-state index in [0.29, 0.717) is 10.7 Å². The fourth-order valence-corrected chi connectivity index (χ4v) is 2.31. The van der Waals surface area contributed by atoms with Gasteiger partial charge in [-0.25, -0.2) is 4.98 Å². The smallest absolute Gasteiger partial charge is 0.276 e. The number of rotatable bonds is 3. The van der Waals surface area contributed by atoms with Gasteiger partial charge in [0.25, 0.3) is 5.69 Å². The number of nitrogens with one attached hydrogen (secondary N) is 1. The third kappa shape index (κ3) is 3.17. The van der Waals surface area contributed by atoms with Crippen LogP contribution in [0.1, 0.15) is 5.56 Å². The fraction of sp³-hybridized carbons (Fsp3) is 0.0833. The molecule has 1 aromatic heterocycles. The van der Waals surface area contributed by atoms with E-state index < -0.39 is 4.92 Å². The van der Waals surface area contributed by atoms with E-state index >= 15 is 0 Å². The van der Waals surface area contributed by atoms with E-state index in [9.17, 15) is 10.1 Å². The maximum Gasteiger partial charge on any atom is 0.276 e. The lowest BCUT2D eigenvalue weighted by Gasteiger charge is -2.10. The van der Waals surface area contributed by atoms with Gasteiger partial charge in [-0.1, -0.05) is 11.6 Å². The first-order chi connectivity index (χ1) is 9.36. The number of hydrogen-bond acceptors (Lipinski definition) is 5. The SMILES string of the molecule is Cc1cc(Br)c(Nc2cc([N+](=O)[O-])cc(N)n2)cc1Cl. The highest BCUT2D eigenvalue weighted by Crippen LogP contribution is 2.32. The van der Waals surface area contributed by atoms with E-state index in [1.165, 1.54) is 12.1 Å². The van der Waals surface area contributed by atoms with Gasteiger partial charge < -0.3 is 11.1 Å². The summed E-state index contributed by atoms with van der Waals surface area (Å²) in [7, 11) is 0. The molecule has 0 atom stereocenters. The van der Waals surface area contributed by atoms with Crippen LogP contribution in [-0.2, 0) is 0 Å². The van der Waals surface area contributed by atoms with E-state index in [4.69, 9.17) is 17.3 Å². The molecule has 6 nitrogen and oxygen atoms in total. The summed E-state index contributed by atoms with van der Waals surface area (Å²) < 4.78 is 0.770. The highest BCUT2D eigenvalue weighted by Gasteiger charge is 2.11. The number of benzene rings is 1. The second-order valence-electron chi connectivity index (χ2n) is 4.10. The third-order valence-electron chi connectivity index (χ3n) is 2.55. The van der Waals surface area contributed by atoms with Gasteiger partial charge in [0.1, 0.15) is 11.6 Å². The lowest BCUT2D eigenvalue weighted by atomic mass is 10.2. The normalized spacial score (nSPS) is 10.3. The van der Waals surface area contributed by atoms with Crippen molar-refractivity contribution in [3.8, 4) is 0 Å². The molecule has 0 aliphatic rings. The van der Waals surface area contributed by atoms with Crippen molar-refractivity contribution in [1.82, 2.24) is 4.98 Å². The van der Waals surface area contributed by atoms with Crippen LogP contribution < -0.4 is 11.1 Å². The second-order valence-corrected chi connectivity index (χ2v) is 5.36.